The number of benzene rings is 1. The van der Waals surface area contributed by atoms with E-state index in [1.165, 1.54) is 51.9 Å². The Kier molecular flexibility index (Phi) is 2.63. The van der Waals surface area contributed by atoms with Crippen LogP contribution in [0.5, 0.6) is 0 Å². The largest absolute Gasteiger partial charge is 0.370 e. The van der Waals surface area contributed by atoms with Crippen molar-refractivity contribution in [1.82, 2.24) is 4.90 Å². The van der Waals surface area contributed by atoms with Gasteiger partial charge in [-0.25, -0.2) is 0 Å². The highest BCUT2D eigenvalue weighted by Crippen LogP contribution is 2.50. The predicted octanol–water partition coefficient (Wildman–Crippen LogP) is 2.88. The van der Waals surface area contributed by atoms with Crippen LogP contribution >= 0.6 is 0 Å². The second-order valence-corrected chi connectivity index (χ2v) is 6.97. The Morgan fingerprint density at radius 1 is 1.16 bits per heavy atom. The fraction of sp³-hybridized carbons (Fsp3) is 0.647. The van der Waals surface area contributed by atoms with E-state index in [4.69, 9.17) is 0 Å². The van der Waals surface area contributed by atoms with Gasteiger partial charge in [-0.3, -0.25) is 0 Å². The van der Waals surface area contributed by atoms with Crippen LogP contribution in [0.2, 0.25) is 0 Å². The Morgan fingerprint density at radius 3 is 2.63 bits per heavy atom. The summed E-state index contributed by atoms with van der Waals surface area (Å²) in [5.41, 5.74) is 3.70. The van der Waals surface area contributed by atoms with Crippen LogP contribution in [0.4, 0.5) is 5.69 Å². The highest BCUT2D eigenvalue weighted by atomic mass is 15.2. The first-order valence-corrected chi connectivity index (χ1v) is 7.80. The van der Waals surface area contributed by atoms with Crippen LogP contribution in [-0.2, 0) is 5.41 Å². The minimum Gasteiger partial charge on any atom is -0.370 e. The van der Waals surface area contributed by atoms with Crippen LogP contribution in [0, 0.1) is 5.92 Å². The third-order valence-corrected chi connectivity index (χ3v) is 5.49. The summed E-state index contributed by atoms with van der Waals surface area (Å²) in [4.78, 5) is 5.12. The lowest BCUT2D eigenvalue weighted by Gasteiger charge is -2.39. The average Bonchev–Trinajstić information content (AvgIpc) is 2.96. The van der Waals surface area contributed by atoms with Gasteiger partial charge in [0.1, 0.15) is 0 Å². The van der Waals surface area contributed by atoms with Crippen LogP contribution in [0.1, 0.15) is 31.2 Å². The van der Waals surface area contributed by atoms with Crippen molar-refractivity contribution < 1.29 is 0 Å². The van der Waals surface area contributed by atoms with Gasteiger partial charge in [0, 0.05) is 43.2 Å². The molecule has 1 aliphatic carbocycles. The van der Waals surface area contributed by atoms with Gasteiger partial charge in [-0.2, -0.15) is 0 Å². The van der Waals surface area contributed by atoms with E-state index < -0.39 is 0 Å². The number of hydrogen-bond donors (Lipinski definition) is 0. The second-order valence-electron chi connectivity index (χ2n) is 6.97. The van der Waals surface area contributed by atoms with Gasteiger partial charge in [0.2, 0.25) is 0 Å². The summed E-state index contributed by atoms with van der Waals surface area (Å²) in [6, 6.07) is 9.20. The molecule has 0 bridgehead atoms. The van der Waals surface area contributed by atoms with E-state index in [9.17, 15) is 0 Å². The molecule has 0 atom stereocenters. The molecule has 4 rings (SSSR count). The maximum atomic E-state index is 2.69. The van der Waals surface area contributed by atoms with Gasteiger partial charge in [0.15, 0.2) is 0 Å². The quantitative estimate of drug-likeness (QED) is 0.803. The molecule has 1 saturated heterocycles. The van der Waals surface area contributed by atoms with Crippen molar-refractivity contribution in [2.75, 3.05) is 38.1 Å². The first kappa shape index (κ1) is 11.8. The summed E-state index contributed by atoms with van der Waals surface area (Å²) in [5.74, 6) is 0.884. The highest BCUT2D eigenvalue weighted by Gasteiger charge is 2.44. The monoisotopic (exact) mass is 256 g/mol. The number of anilines is 1. The van der Waals surface area contributed by atoms with Gasteiger partial charge >= 0.3 is 0 Å². The van der Waals surface area contributed by atoms with Gasteiger partial charge in [-0.15, -0.1) is 0 Å². The smallest absolute Gasteiger partial charge is 0.0405 e. The molecule has 3 aliphatic rings. The first-order valence-electron chi connectivity index (χ1n) is 7.80. The standard InChI is InChI=1S/C17H24N2/c1-18-10-14(11-18)12-19-13-17(8-4-5-9-17)15-6-2-3-7-16(15)19/h2-3,6-7,14H,4-5,8-13H2,1H3. The molecule has 2 heterocycles. The van der Waals surface area contributed by atoms with E-state index in [0.29, 0.717) is 5.41 Å². The number of hydrogen-bond acceptors (Lipinski definition) is 2. The molecule has 0 radical (unpaired) electrons. The molecule has 1 spiro atoms. The molecular formula is C17H24N2. The zero-order valence-corrected chi connectivity index (χ0v) is 11.9. The number of para-hydroxylation sites is 1. The summed E-state index contributed by atoms with van der Waals surface area (Å²) in [5, 5.41) is 0. The van der Waals surface area contributed by atoms with Gasteiger partial charge < -0.3 is 9.80 Å². The van der Waals surface area contributed by atoms with Crippen molar-refractivity contribution in [3.05, 3.63) is 29.8 Å². The molecule has 2 heteroatoms. The molecule has 2 aliphatic heterocycles. The molecular weight excluding hydrogens is 232 g/mol. The maximum absolute atomic E-state index is 2.69. The number of likely N-dealkylation sites (tertiary alicyclic amines) is 1. The summed E-state index contributed by atoms with van der Waals surface area (Å²) >= 11 is 0. The highest BCUT2D eigenvalue weighted by molar-refractivity contribution is 5.63. The molecule has 0 unspecified atom stereocenters. The third kappa shape index (κ3) is 1.80. The molecule has 2 nitrogen and oxygen atoms in total. The molecule has 0 amide bonds. The Hall–Kier alpha value is -1.02. The van der Waals surface area contributed by atoms with Gasteiger partial charge in [-0.1, -0.05) is 31.0 Å². The summed E-state index contributed by atoms with van der Waals surface area (Å²) in [7, 11) is 2.23. The molecule has 0 N–H and O–H groups in total. The zero-order chi connectivity index (χ0) is 12.9. The van der Waals surface area contributed by atoms with E-state index in [2.05, 4.69) is 41.1 Å². The van der Waals surface area contributed by atoms with E-state index in [-0.39, 0.29) is 0 Å². The van der Waals surface area contributed by atoms with E-state index >= 15 is 0 Å². The van der Waals surface area contributed by atoms with Crippen LogP contribution < -0.4 is 4.90 Å². The SMILES string of the molecule is CN1CC(CN2CC3(CCCC3)c3ccccc32)C1. The second kappa shape index (κ2) is 4.24. The molecule has 0 aromatic heterocycles. The molecule has 1 aromatic rings. The number of fused-ring (bicyclic) bond motifs is 2. The number of rotatable bonds is 2. The summed E-state index contributed by atoms with van der Waals surface area (Å²) < 4.78 is 0. The lowest BCUT2D eigenvalue weighted by Crippen LogP contribution is -2.49. The zero-order valence-electron chi connectivity index (χ0n) is 11.9. The lowest BCUT2D eigenvalue weighted by atomic mass is 9.81. The first-order chi connectivity index (χ1) is 9.27. The topological polar surface area (TPSA) is 6.48 Å². The average molecular weight is 256 g/mol. The van der Waals surface area contributed by atoms with Crippen LogP contribution in [0.15, 0.2) is 24.3 Å². The third-order valence-electron chi connectivity index (χ3n) is 5.49. The van der Waals surface area contributed by atoms with Crippen molar-refractivity contribution in [3.63, 3.8) is 0 Å². The Morgan fingerprint density at radius 2 is 1.89 bits per heavy atom. The van der Waals surface area contributed by atoms with Crippen molar-refractivity contribution >= 4 is 5.69 Å². The van der Waals surface area contributed by atoms with Crippen molar-refractivity contribution in [1.29, 1.82) is 0 Å². The van der Waals surface area contributed by atoms with E-state index in [1.807, 2.05) is 0 Å². The summed E-state index contributed by atoms with van der Waals surface area (Å²) in [6.45, 7) is 5.12. The number of nitrogens with zero attached hydrogens (tertiary/aromatic N) is 2. The molecule has 1 aromatic carbocycles. The Labute approximate surface area is 116 Å². The fourth-order valence-corrected chi connectivity index (χ4v) is 4.63. The van der Waals surface area contributed by atoms with E-state index in [1.54, 1.807) is 11.3 Å². The van der Waals surface area contributed by atoms with E-state index in [0.717, 1.165) is 5.92 Å². The summed E-state index contributed by atoms with van der Waals surface area (Å²) in [6.07, 6.45) is 5.67. The minimum atomic E-state index is 0.506. The van der Waals surface area contributed by atoms with Crippen molar-refractivity contribution in [2.45, 2.75) is 31.1 Å². The van der Waals surface area contributed by atoms with Crippen molar-refractivity contribution in [2.24, 2.45) is 5.92 Å². The van der Waals surface area contributed by atoms with Gasteiger partial charge in [0.05, 0.1) is 0 Å². The predicted molar refractivity (Wildman–Crippen MR) is 79.8 cm³/mol. The molecule has 102 valence electrons. The Bertz CT molecular complexity index is 470. The van der Waals surface area contributed by atoms with Gasteiger partial charge in [0.25, 0.3) is 0 Å². The maximum Gasteiger partial charge on any atom is 0.0405 e. The van der Waals surface area contributed by atoms with Crippen molar-refractivity contribution in [3.8, 4) is 0 Å². The van der Waals surface area contributed by atoms with Crippen LogP contribution in [0.3, 0.4) is 0 Å². The van der Waals surface area contributed by atoms with Crippen LogP contribution in [-0.4, -0.2) is 38.1 Å². The molecule has 19 heavy (non-hydrogen) atoms. The van der Waals surface area contributed by atoms with Gasteiger partial charge in [-0.05, 0) is 31.5 Å². The normalized spacial score (nSPS) is 25.8. The fourth-order valence-electron chi connectivity index (χ4n) is 4.63. The Balaban J connectivity index is 1.60. The lowest BCUT2D eigenvalue weighted by molar-refractivity contribution is 0.138. The molecule has 2 fully saturated rings. The molecule has 1 saturated carbocycles. The van der Waals surface area contributed by atoms with Crippen LogP contribution in [0.25, 0.3) is 0 Å². The minimum absolute atomic E-state index is 0.506.